The highest BCUT2D eigenvalue weighted by Gasteiger charge is 2.20. The first kappa shape index (κ1) is 19.9. The molecule has 1 aliphatic rings. The number of halogens is 2. The van der Waals surface area contributed by atoms with Gasteiger partial charge in [-0.1, -0.05) is 6.92 Å². The second kappa shape index (κ2) is 8.90. The predicted octanol–water partition coefficient (Wildman–Crippen LogP) is 2.74. The molecule has 2 aromatic heterocycles. The molecule has 9 heteroatoms. The number of rotatable bonds is 8. The number of hydrogen-bond donors (Lipinski definition) is 1. The van der Waals surface area contributed by atoms with Crippen LogP contribution in [-0.4, -0.2) is 46.8 Å². The summed E-state index contributed by atoms with van der Waals surface area (Å²) in [7, 11) is 1.64. The van der Waals surface area contributed by atoms with Crippen molar-refractivity contribution < 1.29 is 18.3 Å². The Morgan fingerprint density at radius 2 is 2.33 bits per heavy atom. The number of hydrogen-bond acceptors (Lipinski definition) is 5. The lowest BCUT2D eigenvalue weighted by Gasteiger charge is -2.20. The van der Waals surface area contributed by atoms with Crippen molar-refractivity contribution in [2.45, 2.75) is 32.9 Å². The number of amides is 1. The van der Waals surface area contributed by atoms with Gasteiger partial charge < -0.3 is 10.1 Å². The summed E-state index contributed by atoms with van der Waals surface area (Å²) in [6.45, 7) is 5.34. The molecule has 2 aromatic rings. The van der Waals surface area contributed by atoms with Gasteiger partial charge in [0.1, 0.15) is 5.69 Å². The molecule has 1 aliphatic heterocycles. The number of alkyl halides is 2. The molecule has 0 atom stereocenters. The van der Waals surface area contributed by atoms with Crippen LogP contribution in [0.25, 0.3) is 0 Å². The second-order valence-corrected chi connectivity index (χ2v) is 7.64. The lowest BCUT2D eigenvalue weighted by Crippen LogP contribution is -2.34. The fraction of sp³-hybridized carbons (Fsp3) is 0.556. The van der Waals surface area contributed by atoms with Crippen LogP contribution in [-0.2, 0) is 31.4 Å². The van der Waals surface area contributed by atoms with Crippen molar-refractivity contribution in [1.29, 1.82) is 0 Å². The number of thiophene rings is 1. The number of likely N-dealkylation sites (N-methyl/N-ethyl adjacent to an activating group) is 1. The molecule has 0 saturated heterocycles. The summed E-state index contributed by atoms with van der Waals surface area (Å²) in [6, 6.07) is 1.90. The Kier molecular flexibility index (Phi) is 6.56. The number of nitrogens with zero attached hydrogens (tertiary/aromatic N) is 3. The normalized spacial score (nSPS) is 14.0. The molecule has 0 saturated carbocycles. The van der Waals surface area contributed by atoms with Crippen molar-refractivity contribution in [1.82, 2.24) is 20.0 Å². The van der Waals surface area contributed by atoms with Crippen LogP contribution in [0, 0.1) is 0 Å². The van der Waals surface area contributed by atoms with E-state index in [1.54, 1.807) is 13.2 Å². The Bertz CT molecular complexity index is 767. The monoisotopic (exact) mass is 398 g/mol. The molecular formula is C18H24F2N4O2S. The maximum Gasteiger partial charge on any atom is 0.282 e. The van der Waals surface area contributed by atoms with Crippen molar-refractivity contribution in [3.63, 3.8) is 0 Å². The largest absolute Gasteiger partial charge is 0.376 e. The molecule has 6 nitrogen and oxygen atoms in total. The van der Waals surface area contributed by atoms with E-state index in [-0.39, 0.29) is 11.6 Å². The van der Waals surface area contributed by atoms with E-state index >= 15 is 0 Å². The molecule has 0 bridgehead atoms. The topological polar surface area (TPSA) is 59.4 Å². The Labute approximate surface area is 161 Å². The van der Waals surface area contributed by atoms with Crippen molar-refractivity contribution in [2.75, 3.05) is 26.2 Å². The van der Waals surface area contributed by atoms with Crippen molar-refractivity contribution >= 4 is 17.2 Å². The highest BCUT2D eigenvalue weighted by atomic mass is 32.1. The molecule has 3 heterocycles. The predicted molar refractivity (Wildman–Crippen MR) is 99.1 cm³/mol. The fourth-order valence-corrected chi connectivity index (χ4v) is 4.19. The van der Waals surface area contributed by atoms with E-state index < -0.39 is 6.43 Å². The van der Waals surface area contributed by atoms with Crippen LogP contribution in [0.1, 0.15) is 44.7 Å². The van der Waals surface area contributed by atoms with Gasteiger partial charge >= 0.3 is 0 Å². The Hall–Kier alpha value is -1.84. The molecule has 0 spiro atoms. The summed E-state index contributed by atoms with van der Waals surface area (Å²) in [4.78, 5) is 16.3. The molecule has 0 aliphatic carbocycles. The maximum absolute atomic E-state index is 13.1. The van der Waals surface area contributed by atoms with Gasteiger partial charge in [0.15, 0.2) is 0 Å². The number of aromatic nitrogens is 2. The van der Waals surface area contributed by atoms with Crippen molar-refractivity contribution in [3.8, 4) is 0 Å². The SMILES string of the molecule is CCN(CCNC(=O)c1cc2c(s1)CCOC2)Cc1cn(C)nc1C(F)F. The zero-order valence-corrected chi connectivity index (χ0v) is 16.3. The van der Waals surface area contributed by atoms with Crippen molar-refractivity contribution in [3.05, 3.63) is 38.8 Å². The quantitative estimate of drug-likeness (QED) is 0.743. The van der Waals surface area contributed by atoms with Gasteiger partial charge in [0.25, 0.3) is 12.3 Å². The molecule has 0 fully saturated rings. The molecule has 1 N–H and O–H groups in total. The third-order valence-electron chi connectivity index (χ3n) is 4.55. The number of carbonyl (C=O) groups is 1. The first-order chi connectivity index (χ1) is 13.0. The van der Waals surface area contributed by atoms with E-state index in [9.17, 15) is 13.6 Å². The minimum absolute atomic E-state index is 0.0971. The Morgan fingerprint density at radius 1 is 1.52 bits per heavy atom. The smallest absolute Gasteiger partial charge is 0.282 e. The van der Waals surface area contributed by atoms with Crippen LogP contribution in [0.3, 0.4) is 0 Å². The lowest BCUT2D eigenvalue weighted by molar-refractivity contribution is 0.0951. The van der Waals surface area contributed by atoms with Gasteiger partial charge in [0.05, 0.1) is 18.1 Å². The molecule has 0 radical (unpaired) electrons. The summed E-state index contributed by atoms with van der Waals surface area (Å²) >= 11 is 1.52. The number of fused-ring (bicyclic) bond motifs is 1. The molecule has 148 valence electrons. The van der Waals surface area contributed by atoms with Gasteiger partial charge in [-0.15, -0.1) is 11.3 Å². The second-order valence-electron chi connectivity index (χ2n) is 6.50. The lowest BCUT2D eigenvalue weighted by atomic mass is 10.2. The molecule has 0 aromatic carbocycles. The van der Waals surface area contributed by atoms with Crippen LogP contribution in [0.15, 0.2) is 12.3 Å². The van der Waals surface area contributed by atoms with Gasteiger partial charge in [0, 0.05) is 49.7 Å². The Balaban J connectivity index is 1.52. The van der Waals surface area contributed by atoms with Crippen molar-refractivity contribution in [2.24, 2.45) is 7.05 Å². The van der Waals surface area contributed by atoms with E-state index in [0.29, 0.717) is 49.8 Å². The molecule has 0 unspecified atom stereocenters. The summed E-state index contributed by atoms with van der Waals surface area (Å²) in [5, 5.41) is 6.76. The Morgan fingerprint density at radius 3 is 3.04 bits per heavy atom. The number of carbonyl (C=O) groups excluding carboxylic acids is 1. The minimum Gasteiger partial charge on any atom is -0.376 e. The van der Waals surface area contributed by atoms with Gasteiger partial charge in [-0.25, -0.2) is 8.78 Å². The van der Waals surface area contributed by atoms with Crippen LogP contribution in [0.5, 0.6) is 0 Å². The first-order valence-electron chi connectivity index (χ1n) is 8.98. The molecule has 1 amide bonds. The average Bonchev–Trinajstić information content (AvgIpc) is 3.24. The first-order valence-corrected chi connectivity index (χ1v) is 9.80. The average molecular weight is 398 g/mol. The molecule has 3 rings (SSSR count). The highest BCUT2D eigenvalue weighted by Crippen LogP contribution is 2.27. The summed E-state index contributed by atoms with van der Waals surface area (Å²) in [6.07, 6.45) is -0.108. The highest BCUT2D eigenvalue weighted by molar-refractivity contribution is 7.14. The van der Waals surface area contributed by atoms with Gasteiger partial charge in [-0.05, 0) is 18.2 Å². The summed E-state index contributed by atoms with van der Waals surface area (Å²) < 4.78 is 33.0. The summed E-state index contributed by atoms with van der Waals surface area (Å²) in [5.74, 6) is -0.0971. The van der Waals surface area contributed by atoms with Crippen LogP contribution in [0.2, 0.25) is 0 Å². The zero-order chi connectivity index (χ0) is 19.4. The number of aryl methyl sites for hydroxylation is 1. The van der Waals surface area contributed by atoms with Crippen LogP contribution >= 0.6 is 11.3 Å². The molecular weight excluding hydrogens is 374 g/mol. The van der Waals surface area contributed by atoms with E-state index in [2.05, 4.69) is 10.4 Å². The minimum atomic E-state index is -2.59. The maximum atomic E-state index is 13.1. The van der Waals surface area contributed by atoms with Crippen LogP contribution < -0.4 is 5.32 Å². The van der Waals surface area contributed by atoms with E-state index in [1.807, 2.05) is 17.9 Å². The van der Waals surface area contributed by atoms with E-state index in [4.69, 9.17) is 4.74 Å². The summed E-state index contributed by atoms with van der Waals surface area (Å²) in [5.41, 5.74) is 1.45. The fourth-order valence-electron chi connectivity index (χ4n) is 3.12. The van der Waals surface area contributed by atoms with Gasteiger partial charge in [-0.2, -0.15) is 5.10 Å². The van der Waals surface area contributed by atoms with Gasteiger partial charge in [0.2, 0.25) is 0 Å². The van der Waals surface area contributed by atoms with E-state index in [1.165, 1.54) is 20.9 Å². The number of ether oxygens (including phenoxy) is 1. The van der Waals surface area contributed by atoms with Gasteiger partial charge in [-0.3, -0.25) is 14.4 Å². The number of nitrogens with one attached hydrogen (secondary N) is 1. The third-order valence-corrected chi connectivity index (χ3v) is 5.79. The van der Waals surface area contributed by atoms with Crippen LogP contribution in [0.4, 0.5) is 8.78 Å². The third kappa shape index (κ3) is 4.91. The zero-order valence-electron chi connectivity index (χ0n) is 15.5. The standard InChI is InChI=1S/C18H24F2N4O2S/c1-3-24(10-13-9-23(2)22-16(13)17(19)20)6-5-21-18(25)15-8-12-11-26-7-4-14(12)27-15/h8-9,17H,3-7,10-11H2,1-2H3,(H,21,25). The van der Waals surface area contributed by atoms with E-state index in [0.717, 1.165) is 12.0 Å². The molecule has 27 heavy (non-hydrogen) atoms.